The fourth-order valence-electron chi connectivity index (χ4n) is 2.10. The number of aryl methyl sites for hydroxylation is 1. The van der Waals surface area contributed by atoms with E-state index in [1.54, 1.807) is 19.9 Å². The van der Waals surface area contributed by atoms with Crippen LogP contribution in [0.25, 0.3) is 0 Å². The van der Waals surface area contributed by atoms with E-state index in [-0.39, 0.29) is 5.91 Å². The van der Waals surface area contributed by atoms with Crippen LogP contribution in [0, 0.1) is 0 Å². The molecular weight excluding hydrogens is 284 g/mol. The number of piperazine rings is 1. The van der Waals surface area contributed by atoms with E-state index in [0.717, 1.165) is 11.3 Å². The molecule has 2 heterocycles. The van der Waals surface area contributed by atoms with Crippen molar-refractivity contribution in [2.75, 3.05) is 13.1 Å². The summed E-state index contributed by atoms with van der Waals surface area (Å²) < 4.78 is 26.9. The maximum Gasteiger partial charge on any atom is 0.253 e. The van der Waals surface area contributed by atoms with Gasteiger partial charge in [-0.3, -0.25) is 4.79 Å². The standard InChI is InChI=1S/C12H18N2O3S2/c1-4-9-5-6-10(18-9)19(16,17)14-8-7-13-11(15)12(14,2)3/h5-6H,4,7-8H2,1-3H3,(H,13,15). The summed E-state index contributed by atoms with van der Waals surface area (Å²) in [7, 11) is -3.60. The van der Waals surface area contributed by atoms with Crippen LogP contribution in [-0.2, 0) is 21.2 Å². The van der Waals surface area contributed by atoms with E-state index in [4.69, 9.17) is 0 Å². The lowest BCUT2D eigenvalue weighted by Gasteiger charge is -2.39. The molecule has 0 aromatic carbocycles. The Morgan fingerprint density at radius 2 is 2.11 bits per heavy atom. The number of carbonyl (C=O) groups is 1. The molecule has 1 saturated heterocycles. The molecule has 0 unspecified atom stereocenters. The number of amides is 1. The van der Waals surface area contributed by atoms with Gasteiger partial charge in [0.05, 0.1) is 0 Å². The Hall–Kier alpha value is -0.920. The van der Waals surface area contributed by atoms with Gasteiger partial charge in [0.15, 0.2) is 0 Å². The minimum atomic E-state index is -3.60. The highest BCUT2D eigenvalue weighted by Crippen LogP contribution is 2.30. The molecule has 0 radical (unpaired) electrons. The molecule has 19 heavy (non-hydrogen) atoms. The van der Waals surface area contributed by atoms with E-state index < -0.39 is 15.6 Å². The molecule has 106 valence electrons. The van der Waals surface area contributed by atoms with E-state index in [0.29, 0.717) is 17.3 Å². The van der Waals surface area contributed by atoms with Crippen molar-refractivity contribution in [3.63, 3.8) is 0 Å². The smallest absolute Gasteiger partial charge is 0.253 e. The average Bonchev–Trinajstić information content (AvgIpc) is 2.81. The average molecular weight is 302 g/mol. The number of rotatable bonds is 3. The molecule has 5 nitrogen and oxygen atoms in total. The number of thiophene rings is 1. The lowest BCUT2D eigenvalue weighted by molar-refractivity contribution is -0.131. The highest BCUT2D eigenvalue weighted by Gasteiger charge is 2.45. The third-order valence-corrected chi connectivity index (χ3v) is 7.08. The summed E-state index contributed by atoms with van der Waals surface area (Å²) >= 11 is 1.27. The Morgan fingerprint density at radius 1 is 1.42 bits per heavy atom. The van der Waals surface area contributed by atoms with Crippen molar-refractivity contribution in [1.82, 2.24) is 9.62 Å². The SMILES string of the molecule is CCc1ccc(S(=O)(=O)N2CCNC(=O)C2(C)C)s1. The van der Waals surface area contributed by atoms with Crippen molar-refractivity contribution in [2.24, 2.45) is 0 Å². The second kappa shape index (κ2) is 4.88. The fourth-order valence-corrected chi connectivity index (χ4v) is 5.26. The van der Waals surface area contributed by atoms with Gasteiger partial charge in [-0.1, -0.05) is 6.92 Å². The zero-order valence-electron chi connectivity index (χ0n) is 11.3. The van der Waals surface area contributed by atoms with Crippen molar-refractivity contribution in [1.29, 1.82) is 0 Å². The number of hydrogen-bond acceptors (Lipinski definition) is 4. The molecule has 0 bridgehead atoms. The fraction of sp³-hybridized carbons (Fsp3) is 0.583. The van der Waals surface area contributed by atoms with Crippen molar-refractivity contribution in [2.45, 2.75) is 36.9 Å². The first-order chi connectivity index (χ1) is 8.80. The molecule has 1 fully saturated rings. The maximum atomic E-state index is 12.6. The molecule has 1 aliphatic heterocycles. The van der Waals surface area contributed by atoms with Crippen LogP contribution in [0.2, 0.25) is 0 Å². The van der Waals surface area contributed by atoms with Gasteiger partial charge in [0.25, 0.3) is 10.0 Å². The lowest BCUT2D eigenvalue weighted by atomic mass is 10.0. The largest absolute Gasteiger partial charge is 0.353 e. The molecule has 7 heteroatoms. The summed E-state index contributed by atoms with van der Waals surface area (Å²) in [6.07, 6.45) is 0.810. The number of carbonyl (C=O) groups excluding carboxylic acids is 1. The minimum Gasteiger partial charge on any atom is -0.353 e. The predicted molar refractivity (Wildman–Crippen MR) is 74.7 cm³/mol. The van der Waals surface area contributed by atoms with Crippen LogP contribution in [0.1, 0.15) is 25.6 Å². The van der Waals surface area contributed by atoms with Crippen LogP contribution < -0.4 is 5.32 Å². The summed E-state index contributed by atoms with van der Waals surface area (Å²) in [5, 5.41) is 2.70. The first-order valence-corrected chi connectivity index (χ1v) is 8.45. The Labute approximate surface area is 117 Å². The summed E-state index contributed by atoms with van der Waals surface area (Å²) in [4.78, 5) is 12.9. The molecule has 1 aliphatic rings. The second-order valence-corrected chi connectivity index (χ2v) is 8.22. The summed E-state index contributed by atoms with van der Waals surface area (Å²) in [6, 6.07) is 3.45. The third kappa shape index (κ3) is 2.42. The zero-order chi connectivity index (χ0) is 14.3. The summed E-state index contributed by atoms with van der Waals surface area (Å²) in [5.74, 6) is -0.255. The Bertz CT molecular complexity index is 590. The number of hydrogen-bond donors (Lipinski definition) is 1. The van der Waals surface area contributed by atoms with Crippen LogP contribution in [0.5, 0.6) is 0 Å². The molecule has 1 aromatic rings. The quantitative estimate of drug-likeness (QED) is 0.912. The first kappa shape index (κ1) is 14.5. The summed E-state index contributed by atoms with van der Waals surface area (Å²) in [6.45, 7) is 5.91. The highest BCUT2D eigenvalue weighted by molar-refractivity contribution is 7.91. The van der Waals surface area contributed by atoms with Gasteiger partial charge in [-0.2, -0.15) is 4.31 Å². The first-order valence-electron chi connectivity index (χ1n) is 6.20. The Morgan fingerprint density at radius 3 is 2.68 bits per heavy atom. The molecule has 1 aromatic heterocycles. The van der Waals surface area contributed by atoms with Crippen LogP contribution in [0.15, 0.2) is 16.3 Å². The van der Waals surface area contributed by atoms with Gasteiger partial charge >= 0.3 is 0 Å². The molecule has 1 amide bonds. The van der Waals surface area contributed by atoms with E-state index in [1.807, 2.05) is 13.0 Å². The van der Waals surface area contributed by atoms with Crippen LogP contribution in [-0.4, -0.2) is 37.3 Å². The number of nitrogens with zero attached hydrogens (tertiary/aromatic N) is 1. The Kier molecular flexibility index (Phi) is 3.72. The van der Waals surface area contributed by atoms with Crippen LogP contribution in [0.3, 0.4) is 0 Å². The van der Waals surface area contributed by atoms with Crippen molar-refractivity contribution >= 4 is 27.3 Å². The Balaban J connectivity index is 2.41. The van der Waals surface area contributed by atoms with E-state index in [2.05, 4.69) is 5.32 Å². The van der Waals surface area contributed by atoms with Crippen LogP contribution >= 0.6 is 11.3 Å². The second-order valence-electron chi connectivity index (χ2n) is 4.97. The van der Waals surface area contributed by atoms with Crippen molar-refractivity contribution < 1.29 is 13.2 Å². The normalized spacial score (nSPS) is 20.3. The maximum absolute atomic E-state index is 12.6. The minimum absolute atomic E-state index is 0.255. The third-order valence-electron chi connectivity index (χ3n) is 3.31. The van der Waals surface area contributed by atoms with E-state index in [1.165, 1.54) is 15.6 Å². The summed E-state index contributed by atoms with van der Waals surface area (Å²) in [5.41, 5.74) is -1.05. The molecule has 0 saturated carbocycles. The predicted octanol–water partition coefficient (Wildman–Crippen LogP) is 1.21. The monoisotopic (exact) mass is 302 g/mol. The molecule has 0 atom stereocenters. The van der Waals surface area contributed by atoms with E-state index in [9.17, 15) is 13.2 Å². The van der Waals surface area contributed by atoms with Gasteiger partial charge in [-0.25, -0.2) is 8.42 Å². The molecule has 0 spiro atoms. The molecule has 2 rings (SSSR count). The van der Waals surface area contributed by atoms with Gasteiger partial charge in [-0.05, 0) is 32.4 Å². The molecular formula is C12H18N2O3S2. The van der Waals surface area contributed by atoms with Gasteiger partial charge < -0.3 is 5.32 Å². The number of nitrogens with one attached hydrogen (secondary N) is 1. The van der Waals surface area contributed by atoms with Gasteiger partial charge in [0.2, 0.25) is 5.91 Å². The topological polar surface area (TPSA) is 66.5 Å². The number of sulfonamides is 1. The van der Waals surface area contributed by atoms with Gasteiger partial charge in [0, 0.05) is 18.0 Å². The van der Waals surface area contributed by atoms with Crippen molar-refractivity contribution in [3.05, 3.63) is 17.0 Å². The van der Waals surface area contributed by atoms with Crippen LogP contribution in [0.4, 0.5) is 0 Å². The molecule has 0 aliphatic carbocycles. The lowest BCUT2D eigenvalue weighted by Crippen LogP contribution is -2.63. The molecule has 1 N–H and O–H groups in total. The van der Waals surface area contributed by atoms with Gasteiger partial charge in [-0.15, -0.1) is 11.3 Å². The van der Waals surface area contributed by atoms with E-state index >= 15 is 0 Å². The van der Waals surface area contributed by atoms with Crippen molar-refractivity contribution in [3.8, 4) is 0 Å². The van der Waals surface area contributed by atoms with Gasteiger partial charge in [0.1, 0.15) is 9.75 Å². The zero-order valence-corrected chi connectivity index (χ0v) is 12.9. The highest BCUT2D eigenvalue weighted by atomic mass is 32.2.